The molecule has 0 radical (unpaired) electrons. The van der Waals surface area contributed by atoms with E-state index < -0.39 is 0 Å². The van der Waals surface area contributed by atoms with Crippen molar-refractivity contribution in [3.63, 3.8) is 0 Å². The van der Waals surface area contributed by atoms with Gasteiger partial charge in [0.15, 0.2) is 0 Å². The highest BCUT2D eigenvalue weighted by molar-refractivity contribution is 7.13. The number of hydrogen-bond donors (Lipinski definition) is 2. The van der Waals surface area contributed by atoms with Crippen LogP contribution in [0, 0.1) is 6.92 Å². The van der Waals surface area contributed by atoms with Gasteiger partial charge in [-0.3, -0.25) is 4.79 Å². The van der Waals surface area contributed by atoms with Crippen LogP contribution in [0.25, 0.3) is 10.6 Å². The van der Waals surface area contributed by atoms with Gasteiger partial charge in [0, 0.05) is 56.5 Å². The Balaban J connectivity index is 1.73. The highest BCUT2D eigenvalue weighted by Gasteiger charge is 2.12. The molecule has 0 spiro atoms. The van der Waals surface area contributed by atoms with E-state index in [-0.39, 0.29) is 4.87 Å². The number of piperazine rings is 1. The first-order chi connectivity index (χ1) is 13.0. The van der Waals surface area contributed by atoms with Crippen LogP contribution in [-0.2, 0) is 7.05 Å². The summed E-state index contributed by atoms with van der Waals surface area (Å²) in [5.41, 5.74) is 3.88. The summed E-state index contributed by atoms with van der Waals surface area (Å²) in [5.74, 6) is 0.525. The van der Waals surface area contributed by atoms with E-state index in [4.69, 9.17) is 0 Å². The first kappa shape index (κ1) is 19.3. The lowest BCUT2D eigenvalue weighted by Gasteiger charge is -2.29. The molecule has 0 aliphatic carbocycles. The highest BCUT2D eigenvalue weighted by Crippen LogP contribution is 2.24. The zero-order valence-electron chi connectivity index (χ0n) is 16.2. The number of nitrogens with one attached hydrogen (secondary N) is 2. The molecule has 1 saturated heterocycles. The predicted octanol–water partition coefficient (Wildman–Crippen LogP) is 2.34. The number of hydrogen-bond acceptors (Lipinski definition) is 7. The summed E-state index contributed by atoms with van der Waals surface area (Å²) >= 11 is 1.21. The maximum absolute atomic E-state index is 11.9. The van der Waals surface area contributed by atoms with Crippen molar-refractivity contribution in [2.75, 3.05) is 31.5 Å². The van der Waals surface area contributed by atoms with E-state index in [0.717, 1.165) is 48.1 Å². The van der Waals surface area contributed by atoms with Gasteiger partial charge < -0.3 is 20.1 Å². The Labute approximate surface area is 163 Å². The van der Waals surface area contributed by atoms with E-state index in [1.54, 1.807) is 17.8 Å². The van der Waals surface area contributed by atoms with Gasteiger partial charge in [0.1, 0.15) is 0 Å². The summed E-state index contributed by atoms with van der Waals surface area (Å²) in [6.45, 7) is 10.2. The SMILES string of the molecule is C/C(=C\C=C(/C)N1CCNCC1)Nc1nccc(-c2sc(=O)n(C)c2C)n1. The van der Waals surface area contributed by atoms with Crippen molar-refractivity contribution in [1.29, 1.82) is 0 Å². The molecular formula is C19H26N6OS. The molecule has 0 bridgehead atoms. The topological polar surface area (TPSA) is 75.1 Å². The number of nitrogens with zero attached hydrogens (tertiary/aromatic N) is 4. The average Bonchev–Trinajstić information content (AvgIpc) is 2.94. The fraction of sp³-hybridized carbons (Fsp3) is 0.421. The minimum absolute atomic E-state index is 0.0141. The molecule has 2 N–H and O–H groups in total. The second-order valence-electron chi connectivity index (χ2n) is 6.63. The molecule has 0 atom stereocenters. The zero-order valence-corrected chi connectivity index (χ0v) is 17.1. The van der Waals surface area contributed by atoms with Gasteiger partial charge in [-0.05, 0) is 39.0 Å². The van der Waals surface area contributed by atoms with Crippen LogP contribution in [-0.4, -0.2) is 45.6 Å². The third-order valence-corrected chi connectivity index (χ3v) is 5.84. The molecule has 1 fully saturated rings. The van der Waals surface area contributed by atoms with Gasteiger partial charge in [-0.25, -0.2) is 9.97 Å². The van der Waals surface area contributed by atoms with Crippen molar-refractivity contribution in [3.05, 3.63) is 51.2 Å². The van der Waals surface area contributed by atoms with Crippen molar-refractivity contribution in [2.24, 2.45) is 7.05 Å². The maximum Gasteiger partial charge on any atom is 0.307 e. The number of allylic oxidation sites excluding steroid dienone is 4. The van der Waals surface area contributed by atoms with Crippen molar-refractivity contribution in [3.8, 4) is 10.6 Å². The van der Waals surface area contributed by atoms with E-state index in [0.29, 0.717) is 5.95 Å². The molecule has 3 rings (SSSR count). The normalized spacial score (nSPS) is 15.9. The summed E-state index contributed by atoms with van der Waals surface area (Å²) < 4.78 is 1.64. The van der Waals surface area contributed by atoms with Crippen LogP contribution >= 0.6 is 11.3 Å². The fourth-order valence-corrected chi connectivity index (χ4v) is 3.84. The first-order valence-corrected chi connectivity index (χ1v) is 9.85. The first-order valence-electron chi connectivity index (χ1n) is 9.03. The predicted molar refractivity (Wildman–Crippen MR) is 111 cm³/mol. The average molecular weight is 387 g/mol. The second kappa shape index (κ2) is 8.49. The number of thiazole rings is 1. The van der Waals surface area contributed by atoms with Gasteiger partial charge in [0.05, 0.1) is 10.6 Å². The Kier molecular flexibility index (Phi) is 6.08. The molecule has 1 aliphatic rings. The fourth-order valence-electron chi connectivity index (χ4n) is 2.89. The van der Waals surface area contributed by atoms with Gasteiger partial charge in [0.2, 0.25) is 5.95 Å². The van der Waals surface area contributed by atoms with Crippen LogP contribution < -0.4 is 15.5 Å². The van der Waals surface area contributed by atoms with Crippen molar-refractivity contribution < 1.29 is 0 Å². The van der Waals surface area contributed by atoms with Crippen LogP contribution in [0.3, 0.4) is 0 Å². The molecule has 7 nitrogen and oxygen atoms in total. The molecule has 0 saturated carbocycles. The second-order valence-corrected chi connectivity index (χ2v) is 7.59. The van der Waals surface area contributed by atoms with E-state index in [1.807, 2.05) is 26.0 Å². The Bertz CT molecular complexity index is 921. The van der Waals surface area contributed by atoms with Crippen LogP contribution in [0.4, 0.5) is 5.95 Å². The van der Waals surface area contributed by atoms with E-state index in [1.165, 1.54) is 17.0 Å². The van der Waals surface area contributed by atoms with Crippen LogP contribution in [0.5, 0.6) is 0 Å². The maximum atomic E-state index is 11.9. The van der Waals surface area contributed by atoms with Crippen LogP contribution in [0.2, 0.25) is 0 Å². The Morgan fingerprint density at radius 3 is 2.70 bits per heavy atom. The highest BCUT2D eigenvalue weighted by atomic mass is 32.1. The number of anilines is 1. The van der Waals surface area contributed by atoms with E-state index >= 15 is 0 Å². The quantitative estimate of drug-likeness (QED) is 0.769. The zero-order chi connectivity index (χ0) is 19.4. The summed E-state index contributed by atoms with van der Waals surface area (Å²) in [6.07, 6.45) is 5.87. The Hall–Kier alpha value is -2.45. The largest absolute Gasteiger partial charge is 0.372 e. The molecular weight excluding hydrogens is 360 g/mol. The lowest BCUT2D eigenvalue weighted by molar-refractivity contribution is 0.300. The molecule has 27 heavy (non-hydrogen) atoms. The molecule has 0 unspecified atom stereocenters. The molecule has 0 aromatic carbocycles. The third kappa shape index (κ3) is 4.64. The van der Waals surface area contributed by atoms with Gasteiger partial charge in [-0.15, -0.1) is 0 Å². The molecule has 2 aromatic rings. The van der Waals surface area contributed by atoms with Crippen LogP contribution in [0.15, 0.2) is 40.6 Å². The standard InChI is InChI=1S/C19H26N6OS/c1-13(5-6-14(2)25-11-9-20-10-12-25)22-18-21-8-7-16(23-18)17-15(3)24(4)19(26)27-17/h5-8,20H,9-12H2,1-4H3,(H,21,22,23)/b13-5+,14-6+. The summed E-state index contributed by atoms with van der Waals surface area (Å²) in [7, 11) is 1.78. The third-order valence-electron chi connectivity index (χ3n) is 4.68. The van der Waals surface area contributed by atoms with Crippen molar-refractivity contribution in [2.45, 2.75) is 20.8 Å². The summed E-state index contributed by atoms with van der Waals surface area (Å²) in [6, 6.07) is 1.83. The minimum atomic E-state index is 0.0141. The smallest absolute Gasteiger partial charge is 0.307 e. The molecule has 0 amide bonds. The number of aromatic nitrogens is 3. The molecule has 1 aliphatic heterocycles. The molecule has 3 heterocycles. The lowest BCUT2D eigenvalue weighted by atomic mass is 10.3. The monoisotopic (exact) mass is 386 g/mol. The van der Waals surface area contributed by atoms with Crippen molar-refractivity contribution >= 4 is 17.3 Å². The van der Waals surface area contributed by atoms with E-state index in [9.17, 15) is 4.79 Å². The van der Waals surface area contributed by atoms with E-state index in [2.05, 4.69) is 38.5 Å². The summed E-state index contributed by atoms with van der Waals surface area (Å²) in [4.78, 5) is 24.0. The summed E-state index contributed by atoms with van der Waals surface area (Å²) in [5, 5.41) is 6.60. The van der Waals surface area contributed by atoms with Gasteiger partial charge in [-0.1, -0.05) is 11.3 Å². The van der Waals surface area contributed by atoms with Gasteiger partial charge >= 0.3 is 4.87 Å². The number of rotatable bonds is 5. The van der Waals surface area contributed by atoms with Gasteiger partial charge in [0.25, 0.3) is 0 Å². The van der Waals surface area contributed by atoms with Crippen LogP contribution in [0.1, 0.15) is 19.5 Å². The van der Waals surface area contributed by atoms with Gasteiger partial charge in [-0.2, -0.15) is 0 Å². The minimum Gasteiger partial charge on any atom is -0.372 e. The molecule has 2 aromatic heterocycles. The Morgan fingerprint density at radius 1 is 1.30 bits per heavy atom. The lowest BCUT2D eigenvalue weighted by Crippen LogP contribution is -2.42. The Morgan fingerprint density at radius 2 is 2.04 bits per heavy atom. The van der Waals surface area contributed by atoms with Crippen molar-refractivity contribution in [1.82, 2.24) is 24.8 Å². The molecule has 144 valence electrons. The molecule has 8 heteroatoms.